The van der Waals surface area contributed by atoms with E-state index in [1.807, 2.05) is 36.4 Å². The maximum atomic E-state index is 12.2. The molecule has 0 aromatic heterocycles. The minimum atomic E-state index is -4.16. The van der Waals surface area contributed by atoms with Crippen LogP contribution in [0, 0.1) is 0 Å². The summed E-state index contributed by atoms with van der Waals surface area (Å²) in [6.07, 6.45) is 0. The lowest BCUT2D eigenvalue weighted by Gasteiger charge is -2.13. The number of carbonyl (C=O) groups excluding carboxylic acids is 1. The van der Waals surface area contributed by atoms with Crippen LogP contribution >= 0.6 is 0 Å². The molecule has 0 unspecified atom stereocenters. The van der Waals surface area contributed by atoms with Gasteiger partial charge in [-0.15, -0.1) is 0 Å². The monoisotopic (exact) mass is 327 g/mol. The molecule has 0 bridgehead atoms. The average Bonchev–Trinajstić information content (AvgIpc) is 2.55. The third-order valence-corrected chi connectivity index (χ3v) is 4.57. The summed E-state index contributed by atoms with van der Waals surface area (Å²) < 4.78 is 28.6. The second-order valence-corrected chi connectivity index (χ2v) is 6.34. The molecular weight excluding hydrogens is 314 g/mol. The molecule has 0 heterocycles. The Morgan fingerprint density at radius 3 is 2.26 bits per heavy atom. The summed E-state index contributed by atoms with van der Waals surface area (Å²) in [6, 6.07) is 19.6. The van der Waals surface area contributed by atoms with E-state index in [1.54, 1.807) is 24.3 Å². The van der Waals surface area contributed by atoms with Crippen molar-refractivity contribution in [3.8, 4) is 0 Å². The number of fused-ring (bicyclic) bond motifs is 1. The molecule has 0 amide bonds. The fourth-order valence-electron chi connectivity index (χ4n) is 2.40. The SMILES string of the molecule is O=COS(=O)(=O)c1cccc2cccc(Nc3ccccc3)c12. The molecule has 0 aliphatic rings. The molecule has 5 nitrogen and oxygen atoms in total. The third kappa shape index (κ3) is 3.02. The van der Waals surface area contributed by atoms with Crippen molar-refractivity contribution in [3.05, 3.63) is 66.7 Å². The molecule has 3 rings (SSSR count). The second-order valence-electron chi connectivity index (χ2n) is 4.80. The zero-order chi connectivity index (χ0) is 16.3. The van der Waals surface area contributed by atoms with E-state index < -0.39 is 10.1 Å². The molecule has 3 aromatic carbocycles. The third-order valence-electron chi connectivity index (χ3n) is 3.35. The Labute approximate surface area is 133 Å². The van der Waals surface area contributed by atoms with Gasteiger partial charge in [0.15, 0.2) is 0 Å². The van der Waals surface area contributed by atoms with Crippen molar-refractivity contribution in [1.29, 1.82) is 0 Å². The van der Waals surface area contributed by atoms with Gasteiger partial charge in [0.25, 0.3) is 0 Å². The molecule has 116 valence electrons. The number of benzene rings is 3. The average molecular weight is 327 g/mol. The molecule has 0 spiro atoms. The van der Waals surface area contributed by atoms with Crippen LogP contribution in [0.15, 0.2) is 71.6 Å². The van der Waals surface area contributed by atoms with Crippen LogP contribution in [0.2, 0.25) is 0 Å². The van der Waals surface area contributed by atoms with Crippen molar-refractivity contribution < 1.29 is 17.4 Å². The molecule has 0 saturated heterocycles. The molecule has 0 fully saturated rings. The van der Waals surface area contributed by atoms with Gasteiger partial charge in [0.1, 0.15) is 4.90 Å². The Kier molecular flexibility index (Phi) is 3.99. The number of anilines is 2. The maximum Gasteiger partial charge on any atom is 0.342 e. The van der Waals surface area contributed by atoms with E-state index >= 15 is 0 Å². The van der Waals surface area contributed by atoms with Gasteiger partial charge in [-0.3, -0.25) is 4.79 Å². The zero-order valence-corrected chi connectivity index (χ0v) is 12.8. The molecule has 3 aromatic rings. The highest BCUT2D eigenvalue weighted by molar-refractivity contribution is 7.87. The van der Waals surface area contributed by atoms with E-state index in [2.05, 4.69) is 9.50 Å². The number of para-hydroxylation sites is 1. The number of hydrogen-bond acceptors (Lipinski definition) is 5. The standard InChI is InChI=1S/C17H13NO4S/c19-12-22-23(20,21)16-11-5-7-13-6-4-10-15(17(13)16)18-14-8-2-1-3-9-14/h1-12,18H. The van der Waals surface area contributed by atoms with Crippen LogP contribution in [-0.4, -0.2) is 14.9 Å². The van der Waals surface area contributed by atoms with E-state index in [-0.39, 0.29) is 11.4 Å². The lowest BCUT2D eigenvalue weighted by atomic mass is 10.1. The Balaban J connectivity index is 2.21. The van der Waals surface area contributed by atoms with Gasteiger partial charge >= 0.3 is 16.6 Å². The summed E-state index contributed by atoms with van der Waals surface area (Å²) in [5, 5.41) is 4.39. The van der Waals surface area contributed by atoms with Crippen LogP contribution in [0.5, 0.6) is 0 Å². The fourth-order valence-corrected chi connectivity index (χ4v) is 3.33. The molecular formula is C17H13NO4S. The van der Waals surface area contributed by atoms with Crippen molar-refractivity contribution in [1.82, 2.24) is 0 Å². The molecule has 0 atom stereocenters. The Hall–Kier alpha value is -2.86. The molecule has 6 heteroatoms. The predicted molar refractivity (Wildman–Crippen MR) is 88.0 cm³/mol. The molecule has 0 aliphatic heterocycles. The summed E-state index contributed by atoms with van der Waals surface area (Å²) in [4.78, 5) is 10.4. The van der Waals surface area contributed by atoms with Crippen LogP contribution in [0.3, 0.4) is 0 Å². The van der Waals surface area contributed by atoms with Crippen LogP contribution in [0.4, 0.5) is 11.4 Å². The summed E-state index contributed by atoms with van der Waals surface area (Å²) in [5.41, 5.74) is 1.44. The summed E-state index contributed by atoms with van der Waals surface area (Å²) >= 11 is 0. The van der Waals surface area contributed by atoms with Gasteiger partial charge in [-0.1, -0.05) is 42.5 Å². The quantitative estimate of drug-likeness (QED) is 0.574. The molecule has 0 radical (unpaired) electrons. The van der Waals surface area contributed by atoms with Gasteiger partial charge in [0.2, 0.25) is 0 Å². The first-order chi connectivity index (χ1) is 11.1. The normalized spacial score (nSPS) is 11.1. The topological polar surface area (TPSA) is 72.5 Å². The van der Waals surface area contributed by atoms with Gasteiger partial charge in [-0.2, -0.15) is 8.42 Å². The van der Waals surface area contributed by atoms with E-state index in [0.29, 0.717) is 11.1 Å². The first-order valence-corrected chi connectivity index (χ1v) is 8.23. The van der Waals surface area contributed by atoms with Crippen molar-refractivity contribution in [2.45, 2.75) is 4.90 Å². The molecule has 1 N–H and O–H groups in total. The number of rotatable bonds is 5. The molecule has 0 aliphatic carbocycles. The predicted octanol–water partition coefficient (Wildman–Crippen LogP) is 3.45. The highest BCUT2D eigenvalue weighted by Crippen LogP contribution is 2.32. The number of hydrogen-bond donors (Lipinski definition) is 1. The van der Waals surface area contributed by atoms with Crippen LogP contribution in [0.1, 0.15) is 0 Å². The van der Waals surface area contributed by atoms with E-state index in [0.717, 1.165) is 11.1 Å². The van der Waals surface area contributed by atoms with Gasteiger partial charge in [-0.05, 0) is 29.7 Å². The van der Waals surface area contributed by atoms with Gasteiger partial charge < -0.3 is 9.50 Å². The van der Waals surface area contributed by atoms with Crippen LogP contribution in [-0.2, 0) is 19.1 Å². The first kappa shape index (κ1) is 15.1. The number of carbonyl (C=O) groups is 1. The maximum absolute atomic E-state index is 12.2. The summed E-state index contributed by atoms with van der Waals surface area (Å²) in [5.74, 6) is 0. The minimum Gasteiger partial charge on any atom is -0.355 e. The van der Waals surface area contributed by atoms with Gasteiger partial charge in [0.05, 0.1) is 0 Å². The van der Waals surface area contributed by atoms with Gasteiger partial charge in [-0.25, -0.2) is 0 Å². The van der Waals surface area contributed by atoms with Crippen molar-refractivity contribution >= 4 is 38.7 Å². The molecule has 0 saturated carbocycles. The number of nitrogens with one attached hydrogen (secondary N) is 1. The largest absolute Gasteiger partial charge is 0.355 e. The summed E-state index contributed by atoms with van der Waals surface area (Å²) in [7, 11) is -4.16. The zero-order valence-electron chi connectivity index (χ0n) is 12.0. The summed E-state index contributed by atoms with van der Waals surface area (Å²) in [6.45, 7) is -0.0819. The van der Waals surface area contributed by atoms with Gasteiger partial charge in [0, 0.05) is 16.8 Å². The Bertz CT molecular complexity index is 947. The second kappa shape index (κ2) is 6.10. The van der Waals surface area contributed by atoms with Crippen molar-refractivity contribution in [3.63, 3.8) is 0 Å². The fraction of sp³-hybridized carbons (Fsp3) is 0. The highest BCUT2D eigenvalue weighted by Gasteiger charge is 2.20. The van der Waals surface area contributed by atoms with Crippen LogP contribution < -0.4 is 5.32 Å². The minimum absolute atomic E-state index is 0.0545. The van der Waals surface area contributed by atoms with E-state index in [9.17, 15) is 13.2 Å². The van der Waals surface area contributed by atoms with Crippen molar-refractivity contribution in [2.75, 3.05) is 5.32 Å². The Morgan fingerprint density at radius 1 is 0.870 bits per heavy atom. The van der Waals surface area contributed by atoms with Crippen LogP contribution in [0.25, 0.3) is 10.8 Å². The Morgan fingerprint density at radius 2 is 1.57 bits per heavy atom. The highest BCUT2D eigenvalue weighted by atomic mass is 32.2. The lowest BCUT2D eigenvalue weighted by Crippen LogP contribution is -2.06. The lowest BCUT2D eigenvalue weighted by molar-refractivity contribution is -0.120. The van der Waals surface area contributed by atoms with E-state index in [4.69, 9.17) is 0 Å². The molecule has 23 heavy (non-hydrogen) atoms. The van der Waals surface area contributed by atoms with Crippen molar-refractivity contribution in [2.24, 2.45) is 0 Å². The first-order valence-electron chi connectivity index (χ1n) is 6.82. The smallest absolute Gasteiger partial charge is 0.342 e. The van der Waals surface area contributed by atoms with E-state index in [1.165, 1.54) is 6.07 Å².